The summed E-state index contributed by atoms with van der Waals surface area (Å²) in [6, 6.07) is 12.2. The molecule has 0 bridgehead atoms. The van der Waals surface area contributed by atoms with Crippen LogP contribution >= 0.6 is 0 Å². The van der Waals surface area contributed by atoms with E-state index >= 15 is 0 Å². The Bertz CT molecular complexity index is 957. The maximum Gasteiger partial charge on any atom is 0.420 e. The van der Waals surface area contributed by atoms with Gasteiger partial charge in [0.1, 0.15) is 18.0 Å². The zero-order valence-corrected chi connectivity index (χ0v) is 13.5. The fraction of sp³-hybridized carbons (Fsp3) is 0.222. The Balaban J connectivity index is 1.69. The van der Waals surface area contributed by atoms with Gasteiger partial charge in [0.15, 0.2) is 5.58 Å². The smallest absolute Gasteiger partial charge is 0.408 e. The summed E-state index contributed by atoms with van der Waals surface area (Å²) in [5.74, 6) is -1.48. The number of carbonyl (C=O) groups excluding carboxylic acids is 1. The molecule has 1 amide bonds. The molecule has 25 heavy (non-hydrogen) atoms. The van der Waals surface area contributed by atoms with E-state index < -0.39 is 23.1 Å². The van der Waals surface area contributed by atoms with Crippen molar-refractivity contribution < 1.29 is 18.7 Å². The van der Waals surface area contributed by atoms with Gasteiger partial charge in [-0.05, 0) is 36.8 Å². The number of nitrogens with one attached hydrogen (secondary N) is 1. The molecule has 0 saturated carbocycles. The SMILES string of the molecule is CC(O)(CNC(=O)Cn1c(=O)oc2ccccc21)c1ccc(F)cc1. The average molecular weight is 344 g/mol. The molecule has 2 aromatic carbocycles. The summed E-state index contributed by atoms with van der Waals surface area (Å²) < 4.78 is 19.3. The lowest BCUT2D eigenvalue weighted by Crippen LogP contribution is -2.40. The van der Waals surface area contributed by atoms with Crippen LogP contribution < -0.4 is 11.1 Å². The number of aromatic nitrogens is 1. The summed E-state index contributed by atoms with van der Waals surface area (Å²) in [6.07, 6.45) is 0. The Morgan fingerprint density at radius 1 is 1.24 bits per heavy atom. The van der Waals surface area contributed by atoms with Gasteiger partial charge < -0.3 is 14.8 Å². The molecular formula is C18H17FN2O4. The summed E-state index contributed by atoms with van der Waals surface area (Å²) in [5.41, 5.74) is 0.0268. The molecule has 6 nitrogen and oxygen atoms in total. The van der Waals surface area contributed by atoms with Crippen molar-refractivity contribution in [3.05, 3.63) is 70.5 Å². The molecular weight excluding hydrogens is 327 g/mol. The van der Waals surface area contributed by atoms with E-state index in [4.69, 9.17) is 4.42 Å². The third-order valence-corrected chi connectivity index (χ3v) is 3.97. The molecule has 2 N–H and O–H groups in total. The summed E-state index contributed by atoms with van der Waals surface area (Å²) >= 11 is 0. The summed E-state index contributed by atoms with van der Waals surface area (Å²) in [7, 11) is 0. The van der Waals surface area contributed by atoms with Crippen molar-refractivity contribution in [2.45, 2.75) is 19.1 Å². The first-order valence-corrected chi connectivity index (χ1v) is 7.70. The van der Waals surface area contributed by atoms with E-state index in [-0.39, 0.29) is 13.1 Å². The Kier molecular flexibility index (Phi) is 4.41. The number of hydrogen-bond donors (Lipinski definition) is 2. The molecule has 0 saturated heterocycles. The predicted octanol–water partition coefficient (Wildman–Crippen LogP) is 1.76. The number of para-hydroxylation sites is 2. The lowest BCUT2D eigenvalue weighted by atomic mass is 9.96. The Morgan fingerprint density at radius 2 is 1.92 bits per heavy atom. The van der Waals surface area contributed by atoms with E-state index in [0.717, 1.165) is 0 Å². The first-order chi connectivity index (χ1) is 11.9. The third kappa shape index (κ3) is 3.61. The van der Waals surface area contributed by atoms with Crippen LogP contribution in [0.15, 0.2) is 57.7 Å². The number of halogens is 1. The molecule has 0 radical (unpaired) electrons. The van der Waals surface area contributed by atoms with Gasteiger partial charge in [-0.15, -0.1) is 0 Å². The summed E-state index contributed by atoms with van der Waals surface area (Å²) in [4.78, 5) is 24.0. The van der Waals surface area contributed by atoms with Crippen LogP contribution in [0.3, 0.4) is 0 Å². The van der Waals surface area contributed by atoms with Gasteiger partial charge in [0.05, 0.1) is 12.1 Å². The van der Waals surface area contributed by atoms with E-state index in [0.29, 0.717) is 16.7 Å². The molecule has 3 rings (SSSR count). The molecule has 0 aliphatic rings. The van der Waals surface area contributed by atoms with Crippen molar-refractivity contribution >= 4 is 17.0 Å². The van der Waals surface area contributed by atoms with Crippen molar-refractivity contribution in [2.24, 2.45) is 0 Å². The molecule has 0 spiro atoms. The monoisotopic (exact) mass is 344 g/mol. The minimum Gasteiger partial charge on any atom is -0.408 e. The number of rotatable bonds is 5. The van der Waals surface area contributed by atoms with E-state index in [1.165, 1.54) is 35.8 Å². The molecule has 1 aromatic heterocycles. The van der Waals surface area contributed by atoms with Crippen LogP contribution in [0.4, 0.5) is 4.39 Å². The summed E-state index contributed by atoms with van der Waals surface area (Å²) in [5, 5.41) is 13.0. The largest absolute Gasteiger partial charge is 0.420 e. The zero-order chi connectivity index (χ0) is 18.0. The van der Waals surface area contributed by atoms with Gasteiger partial charge in [0, 0.05) is 0 Å². The predicted molar refractivity (Wildman–Crippen MR) is 89.5 cm³/mol. The molecule has 1 atom stereocenters. The normalized spacial score (nSPS) is 13.6. The molecule has 0 fully saturated rings. The minimum absolute atomic E-state index is 0.0813. The van der Waals surface area contributed by atoms with Gasteiger partial charge in [-0.2, -0.15) is 0 Å². The highest BCUT2D eigenvalue weighted by Gasteiger charge is 2.24. The van der Waals surface area contributed by atoms with Crippen LogP contribution in [-0.2, 0) is 16.9 Å². The van der Waals surface area contributed by atoms with Crippen LogP contribution in [0.2, 0.25) is 0 Å². The second-order valence-corrected chi connectivity index (χ2v) is 5.98. The van der Waals surface area contributed by atoms with Gasteiger partial charge in [-0.1, -0.05) is 24.3 Å². The van der Waals surface area contributed by atoms with Gasteiger partial charge in [0.25, 0.3) is 0 Å². The highest BCUT2D eigenvalue weighted by molar-refractivity contribution is 5.79. The summed E-state index contributed by atoms with van der Waals surface area (Å²) in [6.45, 7) is 1.21. The van der Waals surface area contributed by atoms with Crippen LogP contribution in [0, 0.1) is 5.82 Å². The van der Waals surface area contributed by atoms with E-state index in [1.54, 1.807) is 24.3 Å². The lowest BCUT2D eigenvalue weighted by molar-refractivity contribution is -0.122. The molecule has 3 aromatic rings. The maximum atomic E-state index is 13.0. The molecule has 1 heterocycles. The van der Waals surface area contributed by atoms with Gasteiger partial charge in [-0.25, -0.2) is 9.18 Å². The first-order valence-electron chi connectivity index (χ1n) is 7.70. The molecule has 130 valence electrons. The van der Waals surface area contributed by atoms with E-state index in [1.807, 2.05) is 0 Å². The Morgan fingerprint density at radius 3 is 2.64 bits per heavy atom. The quantitative estimate of drug-likeness (QED) is 0.739. The van der Waals surface area contributed by atoms with Crippen molar-refractivity contribution in [3.8, 4) is 0 Å². The highest BCUT2D eigenvalue weighted by Crippen LogP contribution is 2.20. The number of carbonyl (C=O) groups is 1. The average Bonchev–Trinajstić information content (AvgIpc) is 2.89. The third-order valence-electron chi connectivity index (χ3n) is 3.97. The standard InChI is InChI=1S/C18H17FN2O4/c1-18(24,12-6-8-13(19)9-7-12)11-20-16(22)10-21-14-4-2-3-5-15(14)25-17(21)23/h2-9,24H,10-11H2,1H3,(H,20,22). The minimum atomic E-state index is -1.37. The first kappa shape index (κ1) is 16.9. The number of amides is 1. The van der Waals surface area contributed by atoms with Crippen molar-refractivity contribution in [2.75, 3.05) is 6.54 Å². The van der Waals surface area contributed by atoms with Crippen molar-refractivity contribution in [1.82, 2.24) is 9.88 Å². The number of aliphatic hydroxyl groups is 1. The van der Waals surface area contributed by atoms with Crippen LogP contribution in [0.1, 0.15) is 12.5 Å². The number of fused-ring (bicyclic) bond motifs is 1. The zero-order valence-electron chi connectivity index (χ0n) is 13.5. The number of hydrogen-bond acceptors (Lipinski definition) is 4. The van der Waals surface area contributed by atoms with E-state index in [9.17, 15) is 19.1 Å². The second-order valence-electron chi connectivity index (χ2n) is 5.98. The van der Waals surface area contributed by atoms with Gasteiger partial charge in [0.2, 0.25) is 5.91 Å². The molecule has 7 heteroatoms. The fourth-order valence-electron chi connectivity index (χ4n) is 2.54. The second kappa shape index (κ2) is 6.52. The van der Waals surface area contributed by atoms with Crippen LogP contribution in [0.25, 0.3) is 11.1 Å². The van der Waals surface area contributed by atoms with Crippen molar-refractivity contribution in [3.63, 3.8) is 0 Å². The van der Waals surface area contributed by atoms with Crippen molar-refractivity contribution in [1.29, 1.82) is 0 Å². The molecule has 1 unspecified atom stereocenters. The lowest BCUT2D eigenvalue weighted by Gasteiger charge is -2.24. The number of oxazole rings is 1. The Labute approximate surface area is 142 Å². The number of benzene rings is 2. The molecule has 0 aliphatic heterocycles. The molecule has 0 aliphatic carbocycles. The van der Waals surface area contributed by atoms with Gasteiger partial charge in [-0.3, -0.25) is 9.36 Å². The topological polar surface area (TPSA) is 84.5 Å². The van der Waals surface area contributed by atoms with E-state index in [2.05, 4.69) is 5.32 Å². The fourth-order valence-corrected chi connectivity index (χ4v) is 2.54. The Hall–Kier alpha value is -2.93. The maximum absolute atomic E-state index is 13.0. The van der Waals surface area contributed by atoms with Crippen LogP contribution in [-0.4, -0.2) is 22.1 Å². The van der Waals surface area contributed by atoms with Gasteiger partial charge >= 0.3 is 5.76 Å². The number of nitrogens with zero attached hydrogens (tertiary/aromatic N) is 1. The highest BCUT2D eigenvalue weighted by atomic mass is 19.1. The van der Waals surface area contributed by atoms with Crippen LogP contribution in [0.5, 0.6) is 0 Å².